The smallest absolute Gasteiger partial charge is 0.410 e. The molecule has 0 aromatic rings. The molecule has 0 aliphatic carbocycles. The van der Waals surface area contributed by atoms with Gasteiger partial charge in [0.2, 0.25) is 0 Å². The van der Waals surface area contributed by atoms with Crippen molar-refractivity contribution in [2.45, 2.75) is 33.3 Å². The quantitative estimate of drug-likeness (QED) is 0.353. The molecular weight excluding hydrogens is 258 g/mol. The van der Waals surface area contributed by atoms with Crippen molar-refractivity contribution in [1.29, 1.82) is 0 Å². The van der Waals surface area contributed by atoms with Crippen LogP contribution >= 0.6 is 0 Å². The van der Waals surface area contributed by atoms with Gasteiger partial charge in [-0.2, -0.15) is 5.10 Å². The summed E-state index contributed by atoms with van der Waals surface area (Å²) >= 11 is 0. The van der Waals surface area contributed by atoms with E-state index in [0.717, 1.165) is 0 Å². The lowest BCUT2D eigenvalue weighted by Gasteiger charge is -2.36. The van der Waals surface area contributed by atoms with Crippen molar-refractivity contribution in [3.05, 3.63) is 0 Å². The molecule has 1 saturated heterocycles. The van der Waals surface area contributed by atoms with Gasteiger partial charge in [-0.25, -0.2) is 4.79 Å². The van der Waals surface area contributed by atoms with E-state index in [9.17, 15) is 4.79 Å². The second kappa shape index (κ2) is 7.12. The third-order valence-corrected chi connectivity index (χ3v) is 2.78. The first-order chi connectivity index (χ1) is 9.37. The number of amidine groups is 1. The fraction of sp³-hybridized carbons (Fsp3) is 0.769. The van der Waals surface area contributed by atoms with Crippen LogP contribution in [0, 0.1) is 0 Å². The van der Waals surface area contributed by atoms with Crippen molar-refractivity contribution in [2.24, 2.45) is 15.9 Å². The number of piperazine rings is 1. The molecule has 0 aromatic carbocycles. The standard InChI is InChI=1S/C13H25N5O2/c1-5-15-10-11(16-14)17-6-8-18(9-7-17)12(19)20-13(2,3)4/h10H,5-9,14H2,1-4H3. The fourth-order valence-electron chi connectivity index (χ4n) is 1.81. The van der Waals surface area contributed by atoms with Crippen molar-refractivity contribution < 1.29 is 9.53 Å². The van der Waals surface area contributed by atoms with Gasteiger partial charge in [-0.1, -0.05) is 0 Å². The SMILES string of the molecule is CCN=CC(=NN)N1CCN(C(=O)OC(C)(C)C)CC1. The minimum absolute atomic E-state index is 0.273. The molecule has 1 heterocycles. The Bertz CT molecular complexity index is 379. The zero-order valence-electron chi connectivity index (χ0n) is 12.8. The van der Waals surface area contributed by atoms with Crippen molar-refractivity contribution in [2.75, 3.05) is 32.7 Å². The van der Waals surface area contributed by atoms with Crippen molar-refractivity contribution in [1.82, 2.24) is 9.80 Å². The number of ether oxygens (including phenoxy) is 1. The first-order valence-electron chi connectivity index (χ1n) is 6.88. The first kappa shape index (κ1) is 16.3. The van der Waals surface area contributed by atoms with Crippen LogP contribution in [-0.4, -0.2) is 66.3 Å². The number of hydrogen-bond acceptors (Lipinski definition) is 5. The van der Waals surface area contributed by atoms with Gasteiger partial charge in [-0.15, -0.1) is 0 Å². The molecule has 0 aromatic heterocycles. The first-order valence-corrected chi connectivity index (χ1v) is 6.88. The molecule has 0 atom stereocenters. The number of hydrogen-bond donors (Lipinski definition) is 1. The van der Waals surface area contributed by atoms with Crippen molar-refractivity contribution in [3.63, 3.8) is 0 Å². The summed E-state index contributed by atoms with van der Waals surface area (Å²) in [7, 11) is 0. The summed E-state index contributed by atoms with van der Waals surface area (Å²) in [4.78, 5) is 19.8. The highest BCUT2D eigenvalue weighted by Gasteiger charge is 2.26. The second-order valence-corrected chi connectivity index (χ2v) is 5.57. The van der Waals surface area contributed by atoms with Crippen LogP contribution in [0.2, 0.25) is 0 Å². The molecule has 1 aliphatic heterocycles. The highest BCUT2D eigenvalue weighted by molar-refractivity contribution is 6.29. The summed E-state index contributed by atoms with van der Waals surface area (Å²) in [6, 6.07) is 0. The number of nitrogens with zero attached hydrogens (tertiary/aromatic N) is 4. The van der Waals surface area contributed by atoms with Crippen LogP contribution in [0.4, 0.5) is 4.79 Å². The highest BCUT2D eigenvalue weighted by atomic mass is 16.6. The van der Waals surface area contributed by atoms with Crippen molar-refractivity contribution in [3.8, 4) is 0 Å². The Kier molecular flexibility index (Phi) is 5.79. The molecule has 7 nitrogen and oxygen atoms in total. The summed E-state index contributed by atoms with van der Waals surface area (Å²) in [5, 5.41) is 3.74. The van der Waals surface area contributed by atoms with Gasteiger partial charge >= 0.3 is 6.09 Å². The van der Waals surface area contributed by atoms with Crippen LogP contribution in [0.3, 0.4) is 0 Å². The summed E-state index contributed by atoms with van der Waals surface area (Å²) < 4.78 is 5.35. The van der Waals surface area contributed by atoms with Gasteiger partial charge in [0.15, 0.2) is 5.84 Å². The molecule has 0 saturated carbocycles. The van der Waals surface area contributed by atoms with Crippen LogP contribution in [0.1, 0.15) is 27.7 Å². The molecule has 0 radical (unpaired) electrons. The molecule has 1 fully saturated rings. The molecule has 2 N–H and O–H groups in total. The Hall–Kier alpha value is -1.79. The number of rotatable bonds is 2. The number of aliphatic imine (C=N–C) groups is 1. The van der Waals surface area contributed by atoms with E-state index in [1.54, 1.807) is 11.1 Å². The molecular formula is C13H25N5O2. The topological polar surface area (TPSA) is 83.5 Å². The average Bonchev–Trinajstić information content (AvgIpc) is 2.38. The van der Waals surface area contributed by atoms with Crippen LogP contribution in [0.5, 0.6) is 0 Å². The van der Waals surface area contributed by atoms with E-state index in [-0.39, 0.29) is 6.09 Å². The Morgan fingerprint density at radius 1 is 1.25 bits per heavy atom. The Balaban J connectivity index is 2.51. The minimum atomic E-state index is -0.466. The summed E-state index contributed by atoms with van der Waals surface area (Å²) in [5.41, 5.74) is -0.466. The van der Waals surface area contributed by atoms with Crippen LogP contribution in [0.15, 0.2) is 10.1 Å². The fourth-order valence-corrected chi connectivity index (χ4v) is 1.81. The van der Waals surface area contributed by atoms with E-state index >= 15 is 0 Å². The number of amides is 1. The molecule has 0 unspecified atom stereocenters. The van der Waals surface area contributed by atoms with Crippen LogP contribution < -0.4 is 5.84 Å². The summed E-state index contributed by atoms with van der Waals surface area (Å²) in [5.74, 6) is 6.02. The average molecular weight is 283 g/mol. The molecule has 1 rings (SSSR count). The number of nitrogens with two attached hydrogens (primary N) is 1. The third kappa shape index (κ3) is 5.07. The zero-order chi connectivity index (χ0) is 15.2. The Morgan fingerprint density at radius 3 is 2.25 bits per heavy atom. The Labute approximate surface area is 120 Å². The van der Waals surface area contributed by atoms with E-state index < -0.39 is 5.60 Å². The largest absolute Gasteiger partial charge is 0.444 e. The maximum atomic E-state index is 11.9. The zero-order valence-corrected chi connectivity index (χ0v) is 12.8. The van der Waals surface area contributed by atoms with Gasteiger partial charge in [0.05, 0.1) is 6.21 Å². The van der Waals surface area contributed by atoms with E-state index in [0.29, 0.717) is 38.6 Å². The van der Waals surface area contributed by atoms with E-state index in [4.69, 9.17) is 10.6 Å². The van der Waals surface area contributed by atoms with E-state index in [1.165, 1.54) is 0 Å². The lowest BCUT2D eigenvalue weighted by molar-refractivity contribution is 0.0188. The summed E-state index contributed by atoms with van der Waals surface area (Å²) in [6.45, 7) is 10.8. The van der Waals surface area contributed by atoms with Gasteiger partial charge in [0.25, 0.3) is 0 Å². The maximum absolute atomic E-state index is 11.9. The van der Waals surface area contributed by atoms with Gasteiger partial charge in [0, 0.05) is 32.7 Å². The lowest BCUT2D eigenvalue weighted by Crippen LogP contribution is -2.52. The molecule has 7 heteroatoms. The number of carbonyl (C=O) groups is 1. The third-order valence-electron chi connectivity index (χ3n) is 2.78. The monoisotopic (exact) mass is 283 g/mol. The summed E-state index contributed by atoms with van der Waals surface area (Å²) in [6.07, 6.45) is 1.40. The minimum Gasteiger partial charge on any atom is -0.444 e. The maximum Gasteiger partial charge on any atom is 0.410 e. The van der Waals surface area contributed by atoms with Gasteiger partial charge in [0.1, 0.15) is 5.60 Å². The predicted octanol–water partition coefficient (Wildman–Crippen LogP) is 0.902. The van der Waals surface area contributed by atoms with Crippen LogP contribution in [-0.2, 0) is 4.74 Å². The highest BCUT2D eigenvalue weighted by Crippen LogP contribution is 2.11. The lowest BCUT2D eigenvalue weighted by atomic mass is 10.2. The van der Waals surface area contributed by atoms with Crippen LogP contribution in [0.25, 0.3) is 0 Å². The van der Waals surface area contributed by atoms with Gasteiger partial charge in [-0.3, -0.25) is 4.99 Å². The molecule has 0 bridgehead atoms. The van der Waals surface area contributed by atoms with E-state index in [2.05, 4.69) is 10.1 Å². The Morgan fingerprint density at radius 2 is 1.80 bits per heavy atom. The van der Waals surface area contributed by atoms with Gasteiger partial charge < -0.3 is 20.4 Å². The van der Waals surface area contributed by atoms with Crippen molar-refractivity contribution >= 4 is 18.1 Å². The molecule has 114 valence electrons. The molecule has 20 heavy (non-hydrogen) atoms. The van der Waals surface area contributed by atoms with E-state index in [1.807, 2.05) is 32.6 Å². The second-order valence-electron chi connectivity index (χ2n) is 5.57. The van der Waals surface area contributed by atoms with Gasteiger partial charge in [-0.05, 0) is 27.7 Å². The number of carbonyl (C=O) groups excluding carboxylic acids is 1. The number of hydrazone groups is 1. The molecule has 0 spiro atoms. The normalized spacial score (nSPS) is 17.7. The molecule has 1 aliphatic rings. The molecule has 1 amide bonds. The predicted molar refractivity (Wildman–Crippen MR) is 80.0 cm³/mol.